The van der Waals surface area contributed by atoms with E-state index in [0.717, 1.165) is 12.0 Å². The number of amides is 1. The Labute approximate surface area is 191 Å². The number of carbonyl (C=O) groups excluding carboxylic acids is 1. The molecular formula is C24H33N3O4S. The topological polar surface area (TPSA) is 79.0 Å². The lowest BCUT2D eigenvalue weighted by Gasteiger charge is -2.35. The van der Waals surface area contributed by atoms with Crippen LogP contribution in [0.2, 0.25) is 0 Å². The molecule has 0 spiro atoms. The Morgan fingerprint density at radius 1 is 1.12 bits per heavy atom. The van der Waals surface area contributed by atoms with Crippen molar-refractivity contribution in [1.29, 1.82) is 0 Å². The average Bonchev–Trinajstić information content (AvgIpc) is 2.81. The predicted molar refractivity (Wildman–Crippen MR) is 127 cm³/mol. The Morgan fingerprint density at radius 3 is 2.50 bits per heavy atom. The van der Waals surface area contributed by atoms with Crippen molar-refractivity contribution in [2.45, 2.75) is 33.1 Å². The highest BCUT2D eigenvalue weighted by Crippen LogP contribution is 2.27. The Kier molecular flexibility index (Phi) is 8.53. The van der Waals surface area contributed by atoms with Crippen LogP contribution in [0, 0.1) is 5.92 Å². The molecule has 1 amide bonds. The molecule has 1 aliphatic rings. The van der Waals surface area contributed by atoms with Gasteiger partial charge in [0.1, 0.15) is 5.75 Å². The molecule has 174 valence electrons. The van der Waals surface area contributed by atoms with Crippen LogP contribution in [0.1, 0.15) is 32.3 Å². The molecule has 0 radical (unpaired) electrons. The van der Waals surface area contributed by atoms with Crippen molar-refractivity contribution in [3.8, 4) is 5.75 Å². The van der Waals surface area contributed by atoms with Crippen LogP contribution in [0.15, 0.2) is 54.6 Å². The van der Waals surface area contributed by atoms with Crippen LogP contribution < -0.4 is 14.4 Å². The summed E-state index contributed by atoms with van der Waals surface area (Å²) in [4.78, 5) is 12.7. The minimum Gasteiger partial charge on any atom is -0.494 e. The molecule has 1 N–H and O–H groups in total. The summed E-state index contributed by atoms with van der Waals surface area (Å²) < 4.78 is 35.1. The number of anilines is 1. The molecule has 0 saturated carbocycles. The van der Waals surface area contributed by atoms with Gasteiger partial charge in [0.15, 0.2) is 0 Å². The molecule has 0 unspecified atom stereocenters. The lowest BCUT2D eigenvalue weighted by Crippen LogP contribution is -2.50. The van der Waals surface area contributed by atoms with E-state index < -0.39 is 10.2 Å². The second-order valence-electron chi connectivity index (χ2n) is 7.82. The van der Waals surface area contributed by atoms with Crippen molar-refractivity contribution in [3.63, 3.8) is 0 Å². The number of piperidine rings is 1. The highest BCUT2D eigenvalue weighted by molar-refractivity contribution is 7.90. The monoisotopic (exact) mass is 459 g/mol. The van der Waals surface area contributed by atoms with Gasteiger partial charge in [-0.25, -0.2) is 0 Å². The molecule has 3 rings (SSSR count). The summed E-state index contributed by atoms with van der Waals surface area (Å²) in [5.74, 6) is 0.285. The first-order chi connectivity index (χ1) is 15.5. The lowest BCUT2D eigenvalue weighted by atomic mass is 9.99. The number of ether oxygens (including phenoxy) is 1. The van der Waals surface area contributed by atoms with E-state index in [2.05, 4.69) is 5.32 Å². The minimum absolute atomic E-state index is 0.0788. The molecule has 0 aliphatic carbocycles. The molecule has 0 bridgehead atoms. The van der Waals surface area contributed by atoms with E-state index in [0.29, 0.717) is 50.5 Å². The zero-order chi connectivity index (χ0) is 23.0. The van der Waals surface area contributed by atoms with E-state index in [1.807, 2.05) is 44.2 Å². The second kappa shape index (κ2) is 11.3. The van der Waals surface area contributed by atoms with E-state index in [9.17, 15) is 13.2 Å². The first-order valence-corrected chi connectivity index (χ1v) is 12.7. The summed E-state index contributed by atoms with van der Waals surface area (Å²) in [5.41, 5.74) is 1.75. The van der Waals surface area contributed by atoms with Crippen molar-refractivity contribution in [1.82, 2.24) is 9.62 Å². The molecule has 1 atom stereocenters. The molecule has 1 fully saturated rings. The zero-order valence-corrected chi connectivity index (χ0v) is 19.7. The van der Waals surface area contributed by atoms with Crippen LogP contribution in [-0.4, -0.2) is 51.4 Å². The standard InChI is InChI=1S/C24H33N3O4S/c1-3-27(22-12-14-23(15-13-22)31-4-2)32(29,30)26-18-8-11-21(19-26)24(28)25-17-16-20-9-6-5-7-10-20/h5-7,9-10,12-15,21H,3-4,8,11,16-19H2,1-2H3,(H,25,28)/t21-/m0/s1. The normalized spacial score (nSPS) is 17.0. The fraction of sp³-hybridized carbons (Fsp3) is 0.458. The van der Waals surface area contributed by atoms with E-state index in [-0.39, 0.29) is 18.4 Å². The van der Waals surface area contributed by atoms with Gasteiger partial charge in [0.05, 0.1) is 18.2 Å². The van der Waals surface area contributed by atoms with Gasteiger partial charge in [-0.3, -0.25) is 9.10 Å². The van der Waals surface area contributed by atoms with Crippen LogP contribution in [0.4, 0.5) is 5.69 Å². The average molecular weight is 460 g/mol. The Balaban J connectivity index is 1.62. The van der Waals surface area contributed by atoms with E-state index in [1.165, 1.54) is 8.61 Å². The summed E-state index contributed by atoms with van der Waals surface area (Å²) in [5, 5.41) is 2.98. The molecule has 32 heavy (non-hydrogen) atoms. The van der Waals surface area contributed by atoms with Gasteiger partial charge in [-0.2, -0.15) is 12.7 Å². The van der Waals surface area contributed by atoms with E-state index in [4.69, 9.17) is 4.74 Å². The fourth-order valence-corrected chi connectivity index (χ4v) is 5.70. The highest BCUT2D eigenvalue weighted by Gasteiger charge is 2.35. The molecule has 7 nitrogen and oxygen atoms in total. The smallest absolute Gasteiger partial charge is 0.304 e. The number of hydrogen-bond donors (Lipinski definition) is 1. The number of nitrogens with one attached hydrogen (secondary N) is 1. The maximum absolute atomic E-state index is 13.4. The third-order valence-electron chi connectivity index (χ3n) is 5.64. The predicted octanol–water partition coefficient (Wildman–Crippen LogP) is 3.23. The molecule has 1 aliphatic heterocycles. The summed E-state index contributed by atoms with van der Waals surface area (Å²) in [6.07, 6.45) is 2.11. The van der Waals surface area contributed by atoms with Crippen molar-refractivity contribution in [2.24, 2.45) is 5.92 Å². The summed E-state index contributed by atoms with van der Waals surface area (Å²) in [6, 6.07) is 17.0. The van der Waals surface area contributed by atoms with Crippen molar-refractivity contribution < 1.29 is 17.9 Å². The largest absolute Gasteiger partial charge is 0.494 e. The van der Waals surface area contributed by atoms with Crippen LogP contribution in [0.25, 0.3) is 0 Å². The minimum atomic E-state index is -3.74. The number of carbonyl (C=O) groups is 1. The van der Waals surface area contributed by atoms with E-state index >= 15 is 0 Å². The van der Waals surface area contributed by atoms with Crippen molar-refractivity contribution in [3.05, 3.63) is 60.2 Å². The van der Waals surface area contributed by atoms with Crippen LogP contribution in [-0.2, 0) is 21.4 Å². The van der Waals surface area contributed by atoms with Gasteiger partial charge in [-0.15, -0.1) is 0 Å². The fourth-order valence-electron chi connectivity index (χ4n) is 3.98. The number of rotatable bonds is 10. The molecular weight excluding hydrogens is 426 g/mol. The van der Waals surface area contributed by atoms with Gasteiger partial charge >= 0.3 is 10.2 Å². The first kappa shape index (κ1) is 24.1. The summed E-state index contributed by atoms with van der Waals surface area (Å²) in [7, 11) is -3.74. The van der Waals surface area contributed by atoms with Gasteiger partial charge in [0.25, 0.3) is 0 Å². The third kappa shape index (κ3) is 6.01. The maximum Gasteiger partial charge on any atom is 0.304 e. The van der Waals surface area contributed by atoms with Crippen LogP contribution >= 0.6 is 0 Å². The quantitative estimate of drug-likeness (QED) is 0.592. The summed E-state index contributed by atoms with van der Waals surface area (Å²) in [6.45, 7) is 5.74. The van der Waals surface area contributed by atoms with Gasteiger partial charge < -0.3 is 10.1 Å². The van der Waals surface area contributed by atoms with Crippen molar-refractivity contribution in [2.75, 3.05) is 37.1 Å². The van der Waals surface area contributed by atoms with Crippen LogP contribution in [0.3, 0.4) is 0 Å². The van der Waals surface area contributed by atoms with Gasteiger partial charge in [-0.05, 0) is 62.9 Å². The number of hydrogen-bond acceptors (Lipinski definition) is 4. The van der Waals surface area contributed by atoms with Crippen molar-refractivity contribution >= 4 is 21.8 Å². The Morgan fingerprint density at radius 2 is 1.84 bits per heavy atom. The lowest BCUT2D eigenvalue weighted by molar-refractivity contribution is -0.126. The summed E-state index contributed by atoms with van der Waals surface area (Å²) >= 11 is 0. The molecule has 1 saturated heterocycles. The molecule has 8 heteroatoms. The van der Waals surface area contributed by atoms with Crippen LogP contribution in [0.5, 0.6) is 5.75 Å². The number of nitrogens with zero attached hydrogens (tertiary/aromatic N) is 2. The Hall–Kier alpha value is -2.58. The second-order valence-corrected chi connectivity index (χ2v) is 9.68. The molecule has 2 aromatic carbocycles. The maximum atomic E-state index is 13.4. The first-order valence-electron chi connectivity index (χ1n) is 11.3. The highest BCUT2D eigenvalue weighted by atomic mass is 32.2. The van der Waals surface area contributed by atoms with Gasteiger partial charge in [-0.1, -0.05) is 30.3 Å². The molecule has 2 aromatic rings. The molecule has 0 aromatic heterocycles. The SMILES string of the molecule is CCOc1ccc(N(CC)S(=O)(=O)N2CCC[C@H](C(=O)NCCc3ccccc3)C2)cc1. The van der Waals surface area contributed by atoms with Gasteiger partial charge in [0.2, 0.25) is 5.91 Å². The molecule has 1 heterocycles. The zero-order valence-electron chi connectivity index (χ0n) is 18.9. The van der Waals surface area contributed by atoms with Gasteiger partial charge in [0, 0.05) is 26.2 Å². The third-order valence-corrected chi connectivity index (χ3v) is 7.65. The number of benzene rings is 2. The van der Waals surface area contributed by atoms with E-state index in [1.54, 1.807) is 24.3 Å². The Bertz CT molecular complexity index is 964.